The fourth-order valence-corrected chi connectivity index (χ4v) is 3.31. The molecule has 0 aromatic heterocycles. The first-order valence-corrected chi connectivity index (χ1v) is 7.87. The molecule has 2 rings (SSSR count). The SMILES string of the molecule is CC(C)(C)C1CCCN(c2c(N)cc(N)c(Cl)c2F)CC1. The smallest absolute Gasteiger partial charge is 0.169 e. The quantitative estimate of drug-likeness (QED) is 0.760. The second-order valence-corrected chi connectivity index (χ2v) is 7.39. The zero-order chi connectivity index (χ0) is 15.8. The van der Waals surface area contributed by atoms with Crippen LogP contribution in [0.15, 0.2) is 6.07 Å². The lowest BCUT2D eigenvalue weighted by Gasteiger charge is -2.30. The van der Waals surface area contributed by atoms with Crippen LogP contribution in [0.25, 0.3) is 0 Å². The Morgan fingerprint density at radius 2 is 1.86 bits per heavy atom. The molecule has 1 aliphatic heterocycles. The highest BCUT2D eigenvalue weighted by atomic mass is 35.5. The summed E-state index contributed by atoms with van der Waals surface area (Å²) in [6, 6.07) is 1.55. The van der Waals surface area contributed by atoms with Crippen molar-refractivity contribution in [3.63, 3.8) is 0 Å². The number of hydrogen-bond acceptors (Lipinski definition) is 3. The van der Waals surface area contributed by atoms with Crippen LogP contribution in [-0.2, 0) is 0 Å². The Hall–Kier alpha value is -1.16. The van der Waals surface area contributed by atoms with Crippen LogP contribution in [-0.4, -0.2) is 13.1 Å². The third kappa shape index (κ3) is 3.37. The number of nitrogen functional groups attached to an aromatic ring is 2. The van der Waals surface area contributed by atoms with Gasteiger partial charge in [-0.15, -0.1) is 0 Å². The van der Waals surface area contributed by atoms with Gasteiger partial charge in [-0.2, -0.15) is 0 Å². The number of nitrogens with two attached hydrogens (primary N) is 2. The lowest BCUT2D eigenvalue weighted by atomic mass is 9.77. The topological polar surface area (TPSA) is 55.3 Å². The Morgan fingerprint density at radius 3 is 2.48 bits per heavy atom. The van der Waals surface area contributed by atoms with E-state index in [0.29, 0.717) is 17.3 Å². The maximum atomic E-state index is 14.4. The number of anilines is 3. The Labute approximate surface area is 131 Å². The summed E-state index contributed by atoms with van der Waals surface area (Å²) in [6.07, 6.45) is 3.22. The number of halogens is 2. The Kier molecular flexibility index (Phi) is 4.57. The molecule has 0 saturated carbocycles. The molecule has 0 amide bonds. The van der Waals surface area contributed by atoms with Crippen molar-refractivity contribution < 1.29 is 4.39 Å². The highest BCUT2D eigenvalue weighted by Gasteiger charge is 2.29. The lowest BCUT2D eigenvalue weighted by Crippen LogP contribution is -2.27. The summed E-state index contributed by atoms with van der Waals surface area (Å²) in [4.78, 5) is 2.02. The predicted octanol–water partition coefficient (Wildman–Crippen LogP) is 4.30. The van der Waals surface area contributed by atoms with Gasteiger partial charge in [-0.1, -0.05) is 32.4 Å². The minimum Gasteiger partial charge on any atom is -0.397 e. The normalized spacial score (nSPS) is 20.4. The molecule has 1 fully saturated rings. The summed E-state index contributed by atoms with van der Waals surface area (Å²) in [7, 11) is 0. The van der Waals surface area contributed by atoms with Gasteiger partial charge in [0.25, 0.3) is 0 Å². The minimum absolute atomic E-state index is 0.0316. The monoisotopic (exact) mass is 313 g/mol. The van der Waals surface area contributed by atoms with Crippen molar-refractivity contribution in [1.82, 2.24) is 0 Å². The molecule has 118 valence electrons. The van der Waals surface area contributed by atoms with Gasteiger partial charge in [-0.25, -0.2) is 4.39 Å². The Morgan fingerprint density at radius 1 is 1.19 bits per heavy atom. The van der Waals surface area contributed by atoms with E-state index in [4.69, 9.17) is 23.1 Å². The summed E-state index contributed by atoms with van der Waals surface area (Å²) >= 11 is 5.93. The van der Waals surface area contributed by atoms with Crippen LogP contribution in [0.3, 0.4) is 0 Å². The van der Waals surface area contributed by atoms with Crippen molar-refractivity contribution in [1.29, 1.82) is 0 Å². The van der Waals surface area contributed by atoms with Gasteiger partial charge in [0.1, 0.15) is 5.02 Å². The van der Waals surface area contributed by atoms with Crippen LogP contribution >= 0.6 is 11.6 Å². The molecule has 1 heterocycles. The summed E-state index contributed by atoms with van der Waals surface area (Å²) in [5, 5.41) is -0.0316. The van der Waals surface area contributed by atoms with Crippen molar-refractivity contribution >= 4 is 28.7 Å². The second kappa shape index (κ2) is 5.91. The molecule has 1 atom stereocenters. The van der Waals surface area contributed by atoms with E-state index < -0.39 is 5.82 Å². The van der Waals surface area contributed by atoms with Crippen LogP contribution in [0.5, 0.6) is 0 Å². The van der Waals surface area contributed by atoms with Gasteiger partial charge in [-0.05, 0) is 36.7 Å². The minimum atomic E-state index is -0.497. The van der Waals surface area contributed by atoms with E-state index in [9.17, 15) is 4.39 Å². The molecule has 0 radical (unpaired) electrons. The molecule has 0 aliphatic carbocycles. The summed E-state index contributed by atoms with van der Waals surface area (Å²) in [5.41, 5.74) is 12.9. The van der Waals surface area contributed by atoms with Gasteiger partial charge in [0.2, 0.25) is 0 Å². The van der Waals surface area contributed by atoms with Gasteiger partial charge in [-0.3, -0.25) is 0 Å². The molecule has 0 spiro atoms. The average molecular weight is 314 g/mol. The first-order chi connectivity index (χ1) is 9.71. The number of hydrogen-bond donors (Lipinski definition) is 2. The predicted molar refractivity (Wildman–Crippen MR) is 89.2 cm³/mol. The van der Waals surface area contributed by atoms with E-state index >= 15 is 0 Å². The molecule has 3 nitrogen and oxygen atoms in total. The molecule has 1 aromatic rings. The molecule has 4 N–H and O–H groups in total. The molecular weight excluding hydrogens is 289 g/mol. The van der Waals surface area contributed by atoms with E-state index in [1.807, 2.05) is 4.90 Å². The van der Waals surface area contributed by atoms with E-state index in [0.717, 1.165) is 32.4 Å². The molecule has 5 heteroatoms. The molecule has 21 heavy (non-hydrogen) atoms. The summed E-state index contributed by atoms with van der Waals surface area (Å²) < 4.78 is 14.4. The van der Waals surface area contributed by atoms with Gasteiger partial charge >= 0.3 is 0 Å². The van der Waals surface area contributed by atoms with Crippen LogP contribution < -0.4 is 16.4 Å². The lowest BCUT2D eigenvalue weighted by molar-refractivity contribution is 0.220. The highest BCUT2D eigenvalue weighted by molar-refractivity contribution is 6.33. The van der Waals surface area contributed by atoms with Crippen molar-refractivity contribution in [3.8, 4) is 0 Å². The average Bonchev–Trinajstić information content (AvgIpc) is 2.62. The fraction of sp³-hybridized carbons (Fsp3) is 0.625. The largest absolute Gasteiger partial charge is 0.397 e. The maximum absolute atomic E-state index is 14.4. The number of nitrogens with zero attached hydrogens (tertiary/aromatic N) is 1. The third-order valence-electron chi connectivity index (χ3n) is 4.51. The van der Waals surface area contributed by atoms with Gasteiger partial charge in [0, 0.05) is 13.1 Å². The molecule has 1 saturated heterocycles. The van der Waals surface area contributed by atoms with Crippen molar-refractivity contribution in [2.75, 3.05) is 29.5 Å². The highest BCUT2D eigenvalue weighted by Crippen LogP contribution is 2.39. The molecule has 0 bridgehead atoms. The van der Waals surface area contributed by atoms with Crippen LogP contribution in [0, 0.1) is 17.2 Å². The second-order valence-electron chi connectivity index (χ2n) is 7.01. The zero-order valence-electron chi connectivity index (χ0n) is 13.0. The van der Waals surface area contributed by atoms with Gasteiger partial charge < -0.3 is 16.4 Å². The maximum Gasteiger partial charge on any atom is 0.169 e. The third-order valence-corrected chi connectivity index (χ3v) is 4.89. The van der Waals surface area contributed by atoms with Gasteiger partial charge in [0.15, 0.2) is 5.82 Å². The first kappa shape index (κ1) is 16.2. The van der Waals surface area contributed by atoms with Crippen LogP contribution in [0.4, 0.5) is 21.5 Å². The fourth-order valence-electron chi connectivity index (χ4n) is 3.16. The number of rotatable bonds is 1. The van der Waals surface area contributed by atoms with Crippen molar-refractivity contribution in [2.45, 2.75) is 40.0 Å². The Bertz CT molecular complexity index is 525. The Balaban J connectivity index is 2.26. The van der Waals surface area contributed by atoms with Gasteiger partial charge in [0.05, 0.1) is 17.1 Å². The summed E-state index contributed by atoms with van der Waals surface area (Å²) in [5.74, 6) is 0.138. The van der Waals surface area contributed by atoms with E-state index in [1.165, 1.54) is 0 Å². The molecule has 1 unspecified atom stereocenters. The zero-order valence-corrected chi connectivity index (χ0v) is 13.8. The first-order valence-electron chi connectivity index (χ1n) is 7.49. The summed E-state index contributed by atoms with van der Waals surface area (Å²) in [6.45, 7) is 8.39. The van der Waals surface area contributed by atoms with E-state index in [2.05, 4.69) is 20.8 Å². The van der Waals surface area contributed by atoms with Crippen LogP contribution in [0.2, 0.25) is 5.02 Å². The van der Waals surface area contributed by atoms with E-state index in [1.54, 1.807) is 6.07 Å². The van der Waals surface area contributed by atoms with Crippen LogP contribution in [0.1, 0.15) is 40.0 Å². The van der Waals surface area contributed by atoms with Crippen molar-refractivity contribution in [2.24, 2.45) is 11.3 Å². The molecule has 1 aromatic carbocycles. The van der Waals surface area contributed by atoms with E-state index in [-0.39, 0.29) is 16.1 Å². The van der Waals surface area contributed by atoms with Crippen molar-refractivity contribution in [3.05, 3.63) is 16.9 Å². The molecular formula is C16H25ClFN3. The number of benzene rings is 1. The standard InChI is InChI=1S/C16H25ClFN3/c1-16(2,3)10-5-4-7-21(8-6-10)15-12(20)9-11(19)13(17)14(15)18/h9-10H,4-8,19-20H2,1-3H3. The molecule has 1 aliphatic rings.